The van der Waals surface area contributed by atoms with Gasteiger partial charge in [0.2, 0.25) is 17.6 Å². The maximum Gasteiger partial charge on any atom is 0.253 e. The first-order chi connectivity index (χ1) is 13.2. The number of carbonyl (C=O) groups is 2. The lowest BCUT2D eigenvalue weighted by molar-refractivity contribution is -0.125. The van der Waals surface area contributed by atoms with Gasteiger partial charge in [0.1, 0.15) is 0 Å². The Morgan fingerprint density at radius 2 is 1.93 bits per heavy atom. The molecule has 0 radical (unpaired) electrons. The molecule has 3 fully saturated rings. The molecule has 2 saturated heterocycles. The second-order valence-electron chi connectivity index (χ2n) is 7.46. The van der Waals surface area contributed by atoms with Crippen molar-refractivity contribution in [3.05, 3.63) is 35.7 Å². The fraction of sp³-hybridized carbons (Fsp3) is 0.474. The number of nitrogens with one attached hydrogen (secondary N) is 1. The number of ether oxygens (including phenoxy) is 1. The zero-order chi connectivity index (χ0) is 18.4. The highest BCUT2D eigenvalue weighted by atomic mass is 16.5. The maximum absolute atomic E-state index is 12.9. The maximum atomic E-state index is 12.9. The highest BCUT2D eigenvalue weighted by Gasteiger charge is 2.35. The molecule has 1 saturated carbocycles. The Morgan fingerprint density at radius 3 is 2.70 bits per heavy atom. The van der Waals surface area contributed by atoms with Crippen molar-refractivity contribution in [2.24, 2.45) is 5.92 Å². The number of rotatable bonds is 3. The number of amides is 2. The largest absolute Gasteiger partial charge is 0.378 e. The normalized spacial score (nSPS) is 25.0. The molecule has 2 atom stereocenters. The van der Waals surface area contributed by atoms with Crippen LogP contribution in [0.3, 0.4) is 0 Å². The van der Waals surface area contributed by atoms with Crippen molar-refractivity contribution in [1.29, 1.82) is 0 Å². The third-order valence-electron chi connectivity index (χ3n) is 5.28. The summed E-state index contributed by atoms with van der Waals surface area (Å²) < 4.78 is 10.8. The van der Waals surface area contributed by atoms with Crippen LogP contribution >= 0.6 is 0 Å². The molecule has 2 aliphatic heterocycles. The molecule has 2 bridgehead atoms. The summed E-state index contributed by atoms with van der Waals surface area (Å²) >= 11 is 0. The fourth-order valence-corrected chi connectivity index (χ4v) is 3.59. The first kappa shape index (κ1) is 16.4. The van der Waals surface area contributed by atoms with Crippen molar-refractivity contribution < 1.29 is 18.8 Å². The lowest BCUT2D eigenvalue weighted by Gasteiger charge is -2.27. The molecule has 8 heteroatoms. The van der Waals surface area contributed by atoms with E-state index in [-0.39, 0.29) is 23.8 Å². The third kappa shape index (κ3) is 3.21. The SMILES string of the molecule is O=C1N[C@@H]2COC[C@H]1CN(C(=O)c1ccc(-c3noc(C4CC4)n3)cc1)C2. The Bertz CT molecular complexity index is 874. The summed E-state index contributed by atoms with van der Waals surface area (Å²) in [5.74, 6) is 1.22. The van der Waals surface area contributed by atoms with Gasteiger partial charge in [-0.2, -0.15) is 4.98 Å². The molecule has 5 rings (SSSR count). The van der Waals surface area contributed by atoms with Crippen LogP contribution in [0.15, 0.2) is 28.8 Å². The second-order valence-corrected chi connectivity index (χ2v) is 7.46. The summed E-state index contributed by atoms with van der Waals surface area (Å²) in [7, 11) is 0. The van der Waals surface area contributed by atoms with E-state index >= 15 is 0 Å². The van der Waals surface area contributed by atoms with E-state index < -0.39 is 0 Å². The van der Waals surface area contributed by atoms with Gasteiger partial charge < -0.3 is 19.5 Å². The molecule has 1 aromatic carbocycles. The summed E-state index contributed by atoms with van der Waals surface area (Å²) in [4.78, 5) is 31.2. The summed E-state index contributed by atoms with van der Waals surface area (Å²) in [5.41, 5.74) is 1.40. The molecular weight excluding hydrogens is 348 g/mol. The molecular formula is C19H20N4O4. The minimum Gasteiger partial charge on any atom is -0.378 e. The van der Waals surface area contributed by atoms with Crippen LogP contribution in [0.1, 0.15) is 35.0 Å². The standard InChI is InChI=1S/C19H20N4O4/c24-17-14-7-23(8-15(20-17)10-26-9-14)19(25)13-5-1-11(2-6-13)16-21-18(27-22-16)12-3-4-12/h1-2,5-6,12,14-15H,3-4,7-10H2,(H,20,24)/t14-,15+/m1/s1. The summed E-state index contributed by atoms with van der Waals surface area (Å²) in [6, 6.07) is 7.06. The number of fused-ring (bicyclic) bond motifs is 3. The van der Waals surface area contributed by atoms with Crippen molar-refractivity contribution in [2.45, 2.75) is 24.8 Å². The van der Waals surface area contributed by atoms with Gasteiger partial charge >= 0.3 is 0 Å². The lowest BCUT2D eigenvalue weighted by atomic mass is 10.1. The van der Waals surface area contributed by atoms with Crippen molar-refractivity contribution in [2.75, 3.05) is 26.3 Å². The van der Waals surface area contributed by atoms with Gasteiger partial charge in [-0.3, -0.25) is 9.59 Å². The number of benzene rings is 1. The minimum atomic E-state index is -0.319. The zero-order valence-corrected chi connectivity index (χ0v) is 14.8. The van der Waals surface area contributed by atoms with Gasteiger partial charge in [0.25, 0.3) is 5.91 Å². The molecule has 1 aliphatic carbocycles. The first-order valence-corrected chi connectivity index (χ1v) is 9.29. The van der Waals surface area contributed by atoms with Gasteiger partial charge in [-0.25, -0.2) is 0 Å². The fourth-order valence-electron chi connectivity index (χ4n) is 3.59. The van der Waals surface area contributed by atoms with Crippen LogP contribution in [0.25, 0.3) is 11.4 Å². The smallest absolute Gasteiger partial charge is 0.253 e. The molecule has 0 spiro atoms. The topological polar surface area (TPSA) is 97.6 Å². The minimum absolute atomic E-state index is 0.0354. The number of carbonyl (C=O) groups excluding carboxylic acids is 2. The highest BCUT2D eigenvalue weighted by Crippen LogP contribution is 2.39. The van der Waals surface area contributed by atoms with E-state index in [1.165, 1.54) is 0 Å². The van der Waals surface area contributed by atoms with Gasteiger partial charge in [0.15, 0.2) is 0 Å². The average molecular weight is 368 g/mol. The van der Waals surface area contributed by atoms with E-state index in [0.29, 0.717) is 49.5 Å². The third-order valence-corrected chi connectivity index (χ3v) is 5.28. The summed E-state index contributed by atoms with van der Waals surface area (Å²) in [6.07, 6.45) is 2.21. The summed E-state index contributed by atoms with van der Waals surface area (Å²) in [6.45, 7) is 1.62. The molecule has 27 heavy (non-hydrogen) atoms. The molecule has 2 amide bonds. The quantitative estimate of drug-likeness (QED) is 0.874. The van der Waals surface area contributed by atoms with Crippen LogP contribution in [0, 0.1) is 5.92 Å². The van der Waals surface area contributed by atoms with E-state index in [0.717, 1.165) is 18.4 Å². The second kappa shape index (κ2) is 6.45. The Kier molecular flexibility index (Phi) is 3.93. The number of nitrogens with zero attached hydrogens (tertiary/aromatic N) is 3. The Balaban J connectivity index is 1.33. The van der Waals surface area contributed by atoms with E-state index in [1.807, 2.05) is 12.1 Å². The van der Waals surface area contributed by atoms with Crippen LogP contribution in [-0.4, -0.2) is 59.2 Å². The summed E-state index contributed by atoms with van der Waals surface area (Å²) in [5, 5.41) is 6.97. The molecule has 1 N–H and O–H groups in total. The Labute approximate surface area is 155 Å². The van der Waals surface area contributed by atoms with Gasteiger partial charge in [0, 0.05) is 30.1 Å². The van der Waals surface area contributed by atoms with E-state index in [1.54, 1.807) is 17.0 Å². The van der Waals surface area contributed by atoms with Crippen LogP contribution in [0.4, 0.5) is 0 Å². The lowest BCUT2D eigenvalue weighted by Crippen LogP contribution is -2.44. The van der Waals surface area contributed by atoms with E-state index in [4.69, 9.17) is 9.26 Å². The van der Waals surface area contributed by atoms with Crippen molar-refractivity contribution >= 4 is 11.8 Å². The average Bonchev–Trinajstić information content (AvgIpc) is 3.45. The molecule has 3 aliphatic rings. The van der Waals surface area contributed by atoms with Gasteiger partial charge in [0.05, 0.1) is 25.2 Å². The zero-order valence-electron chi connectivity index (χ0n) is 14.8. The highest BCUT2D eigenvalue weighted by molar-refractivity contribution is 5.95. The van der Waals surface area contributed by atoms with Crippen LogP contribution in [0.2, 0.25) is 0 Å². The van der Waals surface area contributed by atoms with Gasteiger partial charge in [-0.15, -0.1) is 0 Å². The van der Waals surface area contributed by atoms with Crippen molar-refractivity contribution in [1.82, 2.24) is 20.4 Å². The van der Waals surface area contributed by atoms with Crippen LogP contribution < -0.4 is 5.32 Å². The molecule has 8 nitrogen and oxygen atoms in total. The van der Waals surface area contributed by atoms with Gasteiger partial charge in [-0.05, 0) is 25.0 Å². The molecule has 140 valence electrons. The van der Waals surface area contributed by atoms with E-state index in [2.05, 4.69) is 15.5 Å². The first-order valence-electron chi connectivity index (χ1n) is 9.29. The monoisotopic (exact) mass is 368 g/mol. The van der Waals surface area contributed by atoms with Crippen LogP contribution in [0.5, 0.6) is 0 Å². The van der Waals surface area contributed by atoms with Gasteiger partial charge in [-0.1, -0.05) is 17.3 Å². The number of hydrogen-bond donors (Lipinski definition) is 1. The predicted octanol–water partition coefficient (Wildman–Crippen LogP) is 1.20. The molecule has 2 aromatic rings. The molecule has 3 heterocycles. The van der Waals surface area contributed by atoms with Crippen LogP contribution in [-0.2, 0) is 9.53 Å². The predicted molar refractivity (Wildman–Crippen MR) is 93.9 cm³/mol. The molecule has 0 unspecified atom stereocenters. The van der Waals surface area contributed by atoms with E-state index in [9.17, 15) is 9.59 Å². The Morgan fingerprint density at radius 1 is 1.11 bits per heavy atom. The molecule has 1 aromatic heterocycles. The number of aromatic nitrogens is 2. The van der Waals surface area contributed by atoms with Crippen molar-refractivity contribution in [3.63, 3.8) is 0 Å². The Hall–Kier alpha value is -2.74. The number of hydrogen-bond acceptors (Lipinski definition) is 6. The van der Waals surface area contributed by atoms with Crippen molar-refractivity contribution in [3.8, 4) is 11.4 Å².